The van der Waals surface area contributed by atoms with Gasteiger partial charge in [-0.1, -0.05) is 6.92 Å². The number of carbonyl (C=O) groups excluding carboxylic acids is 1. The zero-order valence-electron chi connectivity index (χ0n) is 7.90. The minimum Gasteiger partial charge on any atom is -0.328 e. The number of nitrogens with one attached hydrogen (secondary N) is 1. The normalized spacial score (nSPS) is 23.7. The summed E-state index contributed by atoms with van der Waals surface area (Å²) in [6.45, 7) is 1.93. The van der Waals surface area contributed by atoms with Crippen LogP contribution in [0.3, 0.4) is 0 Å². The molecule has 6 heteroatoms. The lowest BCUT2D eigenvalue weighted by Crippen LogP contribution is -2.59. The number of alkyl halides is 3. The van der Waals surface area contributed by atoms with Gasteiger partial charge in [0.2, 0.25) is 5.91 Å². The van der Waals surface area contributed by atoms with E-state index in [1.807, 2.05) is 0 Å². The molecule has 0 aliphatic carbocycles. The molecule has 1 rings (SSSR count). The van der Waals surface area contributed by atoms with Crippen molar-refractivity contribution in [3.8, 4) is 0 Å². The second-order valence-electron chi connectivity index (χ2n) is 3.20. The van der Waals surface area contributed by atoms with Crippen molar-refractivity contribution >= 4 is 5.91 Å². The zero-order chi connectivity index (χ0) is 10.8. The topological polar surface area (TPSA) is 32.3 Å². The van der Waals surface area contributed by atoms with Crippen molar-refractivity contribution in [2.45, 2.75) is 25.6 Å². The van der Waals surface area contributed by atoms with Crippen LogP contribution >= 0.6 is 0 Å². The van der Waals surface area contributed by atoms with E-state index in [4.69, 9.17) is 0 Å². The highest BCUT2D eigenvalue weighted by Gasteiger charge is 2.45. The molecule has 0 saturated carbocycles. The Morgan fingerprint density at radius 2 is 2.21 bits per heavy atom. The predicted molar refractivity (Wildman–Crippen MR) is 44.7 cm³/mol. The molecule has 0 aromatic rings. The van der Waals surface area contributed by atoms with E-state index < -0.39 is 18.1 Å². The average Bonchev–Trinajstić information content (AvgIpc) is 2.15. The molecule has 1 fully saturated rings. The van der Waals surface area contributed by atoms with Crippen LogP contribution in [0.5, 0.6) is 0 Å². The first-order chi connectivity index (χ1) is 6.46. The van der Waals surface area contributed by atoms with Crippen molar-refractivity contribution in [3.63, 3.8) is 0 Å². The molecule has 1 saturated heterocycles. The maximum atomic E-state index is 12.5. The summed E-state index contributed by atoms with van der Waals surface area (Å²) >= 11 is 0. The largest absolute Gasteiger partial charge is 0.410 e. The molecule has 0 bridgehead atoms. The molecular weight excluding hydrogens is 197 g/mol. The molecule has 0 unspecified atom stereocenters. The van der Waals surface area contributed by atoms with Gasteiger partial charge in [0.05, 0.1) is 0 Å². The maximum Gasteiger partial charge on any atom is 0.410 e. The van der Waals surface area contributed by atoms with Crippen LogP contribution in [0.25, 0.3) is 0 Å². The molecule has 1 aliphatic heterocycles. The van der Waals surface area contributed by atoms with Gasteiger partial charge in [0.1, 0.15) is 6.04 Å². The maximum absolute atomic E-state index is 12.5. The average molecular weight is 210 g/mol. The van der Waals surface area contributed by atoms with Gasteiger partial charge in [-0.25, -0.2) is 0 Å². The van der Waals surface area contributed by atoms with Crippen molar-refractivity contribution in [2.75, 3.05) is 19.6 Å². The number of piperazine rings is 1. The fraction of sp³-hybridized carbons (Fsp3) is 0.875. The van der Waals surface area contributed by atoms with E-state index in [0.717, 1.165) is 4.90 Å². The summed E-state index contributed by atoms with van der Waals surface area (Å²) in [7, 11) is 0. The van der Waals surface area contributed by atoms with Gasteiger partial charge in [-0.05, 0) is 0 Å². The van der Waals surface area contributed by atoms with E-state index in [0.29, 0.717) is 6.54 Å². The lowest BCUT2D eigenvalue weighted by atomic mass is 10.1. The first-order valence-corrected chi connectivity index (χ1v) is 4.53. The van der Waals surface area contributed by atoms with E-state index in [2.05, 4.69) is 5.32 Å². The van der Waals surface area contributed by atoms with Gasteiger partial charge >= 0.3 is 6.18 Å². The molecule has 14 heavy (non-hydrogen) atoms. The standard InChI is InChI=1S/C8H13F3N2O/c1-2-7(14)13-4-3-12-5-6(13)8(9,10)11/h6,12H,2-5H2,1H3/t6-/m1/s1. The second-order valence-corrected chi connectivity index (χ2v) is 3.20. The van der Waals surface area contributed by atoms with Crippen LogP contribution in [0.15, 0.2) is 0 Å². The highest BCUT2D eigenvalue weighted by atomic mass is 19.4. The molecular formula is C8H13F3N2O. The summed E-state index contributed by atoms with van der Waals surface area (Å²) < 4.78 is 37.4. The highest BCUT2D eigenvalue weighted by Crippen LogP contribution is 2.26. The molecule has 0 aromatic heterocycles. The van der Waals surface area contributed by atoms with Crippen molar-refractivity contribution in [1.29, 1.82) is 0 Å². The Balaban J connectivity index is 2.74. The van der Waals surface area contributed by atoms with Crippen molar-refractivity contribution < 1.29 is 18.0 Å². The number of rotatable bonds is 1. The van der Waals surface area contributed by atoms with Gasteiger partial charge in [0.25, 0.3) is 0 Å². The first kappa shape index (κ1) is 11.3. The predicted octanol–water partition coefficient (Wildman–Crippen LogP) is 0.759. The molecule has 0 spiro atoms. The van der Waals surface area contributed by atoms with E-state index in [-0.39, 0.29) is 19.5 Å². The number of carbonyl (C=O) groups is 1. The first-order valence-electron chi connectivity index (χ1n) is 4.53. The lowest BCUT2D eigenvalue weighted by molar-refractivity contribution is -0.192. The molecule has 1 amide bonds. The molecule has 0 aromatic carbocycles. The monoisotopic (exact) mass is 210 g/mol. The molecule has 1 aliphatic rings. The Labute approximate surface area is 80.3 Å². The van der Waals surface area contributed by atoms with Crippen LogP contribution in [0.2, 0.25) is 0 Å². The van der Waals surface area contributed by atoms with Crippen LogP contribution in [0.4, 0.5) is 13.2 Å². The molecule has 1 N–H and O–H groups in total. The summed E-state index contributed by atoms with van der Waals surface area (Å²) in [5.74, 6) is -0.436. The van der Waals surface area contributed by atoms with Gasteiger partial charge in [0, 0.05) is 26.1 Å². The van der Waals surface area contributed by atoms with Gasteiger partial charge in [-0.2, -0.15) is 13.2 Å². The van der Waals surface area contributed by atoms with Crippen molar-refractivity contribution in [2.24, 2.45) is 0 Å². The second kappa shape index (κ2) is 4.16. The SMILES string of the molecule is CCC(=O)N1CCNC[C@@H]1C(F)(F)F. The van der Waals surface area contributed by atoms with Crippen LogP contribution in [-0.4, -0.2) is 42.7 Å². The number of hydrogen-bond donors (Lipinski definition) is 1. The molecule has 1 atom stereocenters. The Kier molecular flexibility index (Phi) is 3.36. The van der Waals surface area contributed by atoms with Gasteiger partial charge < -0.3 is 10.2 Å². The molecule has 0 radical (unpaired) electrons. The quantitative estimate of drug-likeness (QED) is 0.693. The van der Waals surface area contributed by atoms with Gasteiger partial charge in [-0.3, -0.25) is 4.79 Å². The van der Waals surface area contributed by atoms with Crippen LogP contribution in [0.1, 0.15) is 13.3 Å². The van der Waals surface area contributed by atoms with Crippen molar-refractivity contribution in [3.05, 3.63) is 0 Å². The third-order valence-electron chi connectivity index (χ3n) is 2.24. The lowest BCUT2D eigenvalue weighted by Gasteiger charge is -2.37. The fourth-order valence-corrected chi connectivity index (χ4v) is 1.50. The van der Waals surface area contributed by atoms with E-state index in [1.54, 1.807) is 6.92 Å². The van der Waals surface area contributed by atoms with Crippen LogP contribution in [0, 0.1) is 0 Å². The number of hydrogen-bond acceptors (Lipinski definition) is 2. The highest BCUT2D eigenvalue weighted by molar-refractivity contribution is 5.76. The third-order valence-corrected chi connectivity index (χ3v) is 2.24. The smallest absolute Gasteiger partial charge is 0.328 e. The van der Waals surface area contributed by atoms with Crippen molar-refractivity contribution in [1.82, 2.24) is 10.2 Å². The van der Waals surface area contributed by atoms with Gasteiger partial charge in [0.15, 0.2) is 0 Å². The van der Waals surface area contributed by atoms with E-state index in [1.165, 1.54) is 0 Å². The summed E-state index contributed by atoms with van der Waals surface area (Å²) in [5.41, 5.74) is 0. The summed E-state index contributed by atoms with van der Waals surface area (Å²) in [6, 6.07) is -1.66. The number of halogens is 3. The van der Waals surface area contributed by atoms with Crippen LogP contribution in [-0.2, 0) is 4.79 Å². The Morgan fingerprint density at radius 3 is 2.71 bits per heavy atom. The summed E-state index contributed by atoms with van der Waals surface area (Å²) in [4.78, 5) is 12.1. The number of nitrogens with zero attached hydrogens (tertiary/aromatic N) is 1. The van der Waals surface area contributed by atoms with E-state index in [9.17, 15) is 18.0 Å². The third kappa shape index (κ3) is 2.37. The molecule has 1 heterocycles. The minimum absolute atomic E-state index is 0.118. The van der Waals surface area contributed by atoms with Gasteiger partial charge in [-0.15, -0.1) is 0 Å². The number of amides is 1. The minimum atomic E-state index is -4.34. The fourth-order valence-electron chi connectivity index (χ4n) is 1.50. The Bertz CT molecular complexity index is 217. The Morgan fingerprint density at radius 1 is 1.57 bits per heavy atom. The summed E-state index contributed by atoms with van der Waals surface area (Å²) in [6.07, 6.45) is -4.22. The molecule has 3 nitrogen and oxygen atoms in total. The zero-order valence-corrected chi connectivity index (χ0v) is 7.90. The summed E-state index contributed by atoms with van der Waals surface area (Å²) in [5, 5.41) is 2.64. The Hall–Kier alpha value is -0.780. The van der Waals surface area contributed by atoms with Crippen LogP contribution < -0.4 is 5.32 Å². The van der Waals surface area contributed by atoms with E-state index >= 15 is 0 Å². The molecule has 82 valence electrons.